The van der Waals surface area contributed by atoms with Gasteiger partial charge in [0.25, 0.3) is 0 Å². The third kappa shape index (κ3) is 18.6. The smallest absolute Gasteiger partial charge is 0.243 e. The van der Waals surface area contributed by atoms with Gasteiger partial charge in [-0.05, 0) is 62.6 Å². The van der Waals surface area contributed by atoms with Crippen LogP contribution in [-0.2, 0) is 52.8 Å². The van der Waals surface area contributed by atoms with Crippen LogP contribution in [0.4, 0.5) is 0 Å². The molecule has 0 spiro atoms. The van der Waals surface area contributed by atoms with Crippen LogP contribution in [0.1, 0.15) is 94.9 Å². The fourth-order valence-corrected chi connectivity index (χ4v) is 11.1. The van der Waals surface area contributed by atoms with Gasteiger partial charge in [-0.15, -0.1) is 0 Å². The fraction of sp³-hybridized carbons (Fsp3) is 0.490. The first-order valence-corrected chi connectivity index (χ1v) is 26.6. The van der Waals surface area contributed by atoms with Crippen molar-refractivity contribution in [1.29, 1.82) is 0 Å². The van der Waals surface area contributed by atoms with Crippen molar-refractivity contribution in [2.75, 3.05) is 12.3 Å². The van der Waals surface area contributed by atoms with Gasteiger partial charge in [0.15, 0.2) is 5.96 Å². The molecule has 4 aromatic rings. The lowest BCUT2D eigenvalue weighted by atomic mass is 10.0. The van der Waals surface area contributed by atoms with E-state index in [0.717, 1.165) is 41.5 Å². The molecule has 1 aliphatic heterocycles. The number of para-hydroxylation sites is 1. The van der Waals surface area contributed by atoms with Crippen LogP contribution < -0.4 is 49.1 Å². The number of primary amides is 1. The second-order valence-corrected chi connectivity index (χ2v) is 20.5. The number of fused-ring (bicyclic) bond motifs is 1. The zero-order valence-corrected chi connectivity index (χ0v) is 42.0. The lowest BCUT2D eigenvalue weighted by Gasteiger charge is -2.27. The first-order chi connectivity index (χ1) is 34.2. The molecule has 5 rings (SSSR count). The van der Waals surface area contributed by atoms with Crippen LogP contribution in [-0.4, -0.2) is 116 Å². The van der Waals surface area contributed by atoms with Crippen molar-refractivity contribution in [3.63, 3.8) is 0 Å². The highest BCUT2D eigenvalue weighted by molar-refractivity contribution is 8.77. The molecule has 1 saturated heterocycles. The quantitative estimate of drug-likeness (QED) is 0.0155. The van der Waals surface area contributed by atoms with Gasteiger partial charge in [-0.25, -0.2) is 4.98 Å². The van der Waals surface area contributed by atoms with Gasteiger partial charge in [0.1, 0.15) is 36.3 Å². The maximum Gasteiger partial charge on any atom is 0.243 e. The number of unbranched alkanes of at least 4 members (excludes halogenated alkanes) is 2. The molecule has 2 aromatic carbocycles. The van der Waals surface area contributed by atoms with Crippen LogP contribution in [0, 0.1) is 0 Å². The van der Waals surface area contributed by atoms with Gasteiger partial charge in [-0.2, -0.15) is 0 Å². The highest BCUT2D eigenvalue weighted by atomic mass is 33.1. The topological polar surface area (TPSA) is 327 Å². The second-order valence-electron chi connectivity index (χ2n) is 17.7. The van der Waals surface area contributed by atoms with Crippen molar-refractivity contribution < 1.29 is 33.6 Å². The van der Waals surface area contributed by atoms with Crippen LogP contribution in [0.5, 0.6) is 0 Å². The number of aromatic nitrogens is 3. The predicted octanol–water partition coefficient (Wildman–Crippen LogP) is 2.29. The number of amides is 7. The largest absolute Gasteiger partial charge is 0.370 e. The van der Waals surface area contributed by atoms with E-state index in [1.54, 1.807) is 36.5 Å². The highest BCUT2D eigenvalue weighted by Gasteiger charge is 2.33. The zero-order chi connectivity index (χ0) is 51.1. The zero-order valence-electron chi connectivity index (χ0n) is 40.4. The molecule has 2 aromatic heterocycles. The van der Waals surface area contributed by atoms with Gasteiger partial charge in [-0.3, -0.25) is 38.6 Å². The number of nitrogens with zero attached hydrogens (tertiary/aromatic N) is 2. The van der Waals surface area contributed by atoms with E-state index in [-0.39, 0.29) is 50.5 Å². The SMILES string of the molecule is CCCC[C@H](NC(=O)CCCCC1CCSS1)C(=O)N[C@@H](C)C(=O)N[C@@H](Cc1cnc[nH]1)C(=O)N[C@H](Cc1ccccc1)C(=O)N[C@@H](CCCN=C(N)N)C(=O)N[C@@H](Cc1c[nH]c2ccccc12)C(N)=O. The number of H-pyrrole nitrogens is 2. The van der Waals surface area contributed by atoms with E-state index in [1.165, 1.54) is 25.9 Å². The fourth-order valence-electron chi connectivity index (χ4n) is 8.06. The number of guanidine groups is 1. The number of carbonyl (C=O) groups is 7. The minimum absolute atomic E-state index is 0.0218. The van der Waals surface area contributed by atoms with Gasteiger partial charge < -0.3 is 59.1 Å². The summed E-state index contributed by atoms with van der Waals surface area (Å²) in [7, 11) is 3.79. The van der Waals surface area contributed by atoms with E-state index in [4.69, 9.17) is 17.2 Å². The number of hydrogen-bond acceptors (Lipinski definition) is 11. The summed E-state index contributed by atoms with van der Waals surface area (Å²) in [5, 5.41) is 18.1. The summed E-state index contributed by atoms with van der Waals surface area (Å²) >= 11 is 0. The van der Waals surface area contributed by atoms with Crippen LogP contribution in [0.25, 0.3) is 10.9 Å². The molecule has 384 valence electrons. The summed E-state index contributed by atoms with van der Waals surface area (Å²) in [6, 6.07) is 9.39. The van der Waals surface area contributed by atoms with E-state index in [0.29, 0.717) is 42.2 Å². The number of aromatic amines is 2. The molecule has 0 bridgehead atoms. The molecule has 3 heterocycles. The first kappa shape index (κ1) is 55.4. The second kappa shape index (κ2) is 29.0. The standard InChI is InChI=1S/C49H69N13O7S2/c1-3-4-17-37(58-42(63)20-11-8-15-34-21-23-70-71-34)45(66)57-30(2)44(65)61-41(26-33-28-53-29-56-33)48(69)62-40(24-31-13-6-5-7-14-31)47(68)59-38(19-12-22-54-49(51)52)46(67)60-39(43(50)64)25-32-27-55-36-18-10-9-16-35(32)36/h5-7,9-10,13-14,16,18,27-30,34,37-41,55H,3-4,8,11-12,15,17,19-26H2,1-2H3,(H2,50,64)(H,53,56)(H,57,66)(H,58,63)(H,59,68)(H,60,67)(H,61,65)(H,62,69)(H4,51,52,54)/t30-,34?,37-,38-,39-,40+,41-/m0/s1. The summed E-state index contributed by atoms with van der Waals surface area (Å²) in [5.74, 6) is -3.44. The Hall–Kier alpha value is -6.55. The normalized spacial score (nSPS) is 15.8. The number of aliphatic imine (C=N–C) groups is 1. The Labute approximate surface area is 422 Å². The molecule has 0 saturated carbocycles. The number of hydrogen-bond donors (Lipinski definition) is 11. The Bertz CT molecular complexity index is 2390. The summed E-state index contributed by atoms with van der Waals surface area (Å²) in [6.45, 7) is 3.58. The lowest BCUT2D eigenvalue weighted by molar-refractivity contribution is -0.135. The Balaban J connectivity index is 1.29. The third-order valence-electron chi connectivity index (χ3n) is 12.0. The van der Waals surface area contributed by atoms with Gasteiger partial charge in [0.2, 0.25) is 41.4 Å². The molecule has 71 heavy (non-hydrogen) atoms. The van der Waals surface area contributed by atoms with Crippen molar-refractivity contribution in [2.45, 2.75) is 139 Å². The maximum atomic E-state index is 14.4. The summed E-state index contributed by atoms with van der Waals surface area (Å²) in [5.41, 5.74) is 19.6. The van der Waals surface area contributed by atoms with Gasteiger partial charge >= 0.3 is 0 Å². The molecule has 0 aliphatic carbocycles. The maximum absolute atomic E-state index is 14.4. The number of benzene rings is 2. The number of nitrogens with two attached hydrogens (primary N) is 3. The average molecular weight is 1020 g/mol. The molecule has 14 N–H and O–H groups in total. The highest BCUT2D eigenvalue weighted by Crippen LogP contribution is 2.40. The van der Waals surface area contributed by atoms with Gasteiger partial charge in [0, 0.05) is 72.2 Å². The number of carbonyl (C=O) groups excluding carboxylic acids is 7. The van der Waals surface area contributed by atoms with Crippen molar-refractivity contribution in [3.8, 4) is 0 Å². The molecule has 20 nitrogen and oxygen atoms in total. The molecule has 7 amide bonds. The van der Waals surface area contributed by atoms with E-state index in [1.807, 2.05) is 52.8 Å². The average Bonchev–Trinajstić information content (AvgIpc) is 4.16. The van der Waals surface area contributed by atoms with Crippen molar-refractivity contribution in [2.24, 2.45) is 22.2 Å². The molecule has 22 heteroatoms. The van der Waals surface area contributed by atoms with E-state index in [2.05, 4.69) is 51.8 Å². The first-order valence-electron chi connectivity index (χ1n) is 24.2. The minimum atomic E-state index is -1.29. The van der Waals surface area contributed by atoms with Crippen molar-refractivity contribution in [3.05, 3.63) is 90.1 Å². The van der Waals surface area contributed by atoms with E-state index < -0.39 is 71.7 Å². The Morgan fingerprint density at radius 3 is 2.06 bits per heavy atom. The van der Waals surface area contributed by atoms with Crippen LogP contribution in [0.15, 0.2) is 78.3 Å². The minimum Gasteiger partial charge on any atom is -0.370 e. The number of imidazole rings is 1. The Kier molecular flexibility index (Phi) is 22.6. The summed E-state index contributed by atoms with van der Waals surface area (Å²) in [6.07, 6.45) is 10.9. The number of rotatable bonds is 30. The Morgan fingerprint density at radius 2 is 1.37 bits per heavy atom. The molecular weight excluding hydrogens is 947 g/mol. The molecule has 1 fully saturated rings. The van der Waals surface area contributed by atoms with Gasteiger partial charge in [-0.1, -0.05) is 96.3 Å². The lowest BCUT2D eigenvalue weighted by Crippen LogP contribution is -2.60. The monoisotopic (exact) mass is 1020 g/mol. The molecule has 1 aliphatic rings. The van der Waals surface area contributed by atoms with Crippen LogP contribution in [0.3, 0.4) is 0 Å². The van der Waals surface area contributed by atoms with E-state index in [9.17, 15) is 33.6 Å². The van der Waals surface area contributed by atoms with Crippen LogP contribution in [0.2, 0.25) is 0 Å². The Morgan fingerprint density at radius 1 is 0.718 bits per heavy atom. The summed E-state index contributed by atoms with van der Waals surface area (Å²) < 4.78 is 0. The van der Waals surface area contributed by atoms with Gasteiger partial charge in [0.05, 0.1) is 6.33 Å². The molecular formula is C49H69N13O7S2. The van der Waals surface area contributed by atoms with E-state index >= 15 is 0 Å². The number of nitrogens with one attached hydrogen (secondary N) is 8. The van der Waals surface area contributed by atoms with Crippen molar-refractivity contribution in [1.82, 2.24) is 46.9 Å². The van der Waals surface area contributed by atoms with Crippen LogP contribution >= 0.6 is 21.6 Å². The molecule has 7 atom stereocenters. The van der Waals surface area contributed by atoms with Crippen molar-refractivity contribution >= 4 is 79.8 Å². The molecule has 1 unspecified atom stereocenters. The third-order valence-corrected chi connectivity index (χ3v) is 15.0. The summed E-state index contributed by atoms with van der Waals surface area (Å²) in [4.78, 5) is 110. The predicted molar refractivity (Wildman–Crippen MR) is 277 cm³/mol. The molecule has 0 radical (unpaired) electrons.